The predicted octanol–water partition coefficient (Wildman–Crippen LogP) is 5.90. The summed E-state index contributed by atoms with van der Waals surface area (Å²) in [6.07, 6.45) is 1.12. The standard InChI is InChI=1S/C21H21N3S.2BrH/c22-21(20-9-4-12-25-20)23-19-8-3-5-16(13-19)14-24-11-10-17-6-1-2-7-18(17)15-24;;/h1-9,12-13H,10-11,14-15H2,(H2,22,23);2*1H. The van der Waals surface area contributed by atoms with E-state index < -0.39 is 0 Å². The van der Waals surface area contributed by atoms with Crippen LogP contribution in [0.2, 0.25) is 0 Å². The highest BCUT2D eigenvalue weighted by atomic mass is 79.9. The molecule has 3 nitrogen and oxygen atoms in total. The van der Waals surface area contributed by atoms with Gasteiger partial charge in [0.05, 0.1) is 4.88 Å². The Hall–Kier alpha value is -1.47. The fourth-order valence-corrected chi connectivity index (χ4v) is 3.95. The lowest BCUT2D eigenvalue weighted by molar-refractivity contribution is 0.245. The Morgan fingerprint density at radius 2 is 1.81 bits per heavy atom. The van der Waals surface area contributed by atoms with E-state index >= 15 is 0 Å². The predicted molar refractivity (Wildman–Crippen MR) is 126 cm³/mol. The van der Waals surface area contributed by atoms with Gasteiger partial charge in [-0.2, -0.15) is 0 Å². The van der Waals surface area contributed by atoms with Crippen LogP contribution in [-0.2, 0) is 19.5 Å². The van der Waals surface area contributed by atoms with Gasteiger partial charge in [-0.3, -0.25) is 10.3 Å². The molecular weight excluding hydrogens is 486 g/mol. The van der Waals surface area contributed by atoms with E-state index in [0.717, 1.165) is 36.6 Å². The Morgan fingerprint density at radius 1 is 1.00 bits per heavy atom. The number of rotatable bonds is 4. The molecule has 0 unspecified atom stereocenters. The molecule has 0 amide bonds. The van der Waals surface area contributed by atoms with E-state index in [1.165, 1.54) is 16.7 Å². The van der Waals surface area contributed by atoms with Crippen LogP contribution in [0.1, 0.15) is 21.6 Å². The van der Waals surface area contributed by atoms with Crippen LogP contribution in [0, 0.1) is 5.41 Å². The van der Waals surface area contributed by atoms with Gasteiger partial charge >= 0.3 is 0 Å². The van der Waals surface area contributed by atoms with Crippen LogP contribution in [0.3, 0.4) is 0 Å². The lowest BCUT2D eigenvalue weighted by Gasteiger charge is -2.28. The van der Waals surface area contributed by atoms with Crippen LogP contribution in [0.5, 0.6) is 0 Å². The van der Waals surface area contributed by atoms with Crippen molar-refractivity contribution in [1.82, 2.24) is 4.90 Å². The fourth-order valence-electron chi connectivity index (χ4n) is 3.32. The van der Waals surface area contributed by atoms with Gasteiger partial charge in [0.1, 0.15) is 5.84 Å². The first kappa shape index (κ1) is 21.8. The largest absolute Gasteiger partial charge is 0.340 e. The molecule has 1 aliphatic heterocycles. The van der Waals surface area contributed by atoms with Gasteiger partial charge in [0.25, 0.3) is 0 Å². The second-order valence-corrected chi connectivity index (χ2v) is 7.35. The molecule has 0 fully saturated rings. The number of amidine groups is 1. The molecule has 6 heteroatoms. The maximum atomic E-state index is 8.18. The maximum absolute atomic E-state index is 8.18. The minimum atomic E-state index is 0. The zero-order valence-electron chi connectivity index (χ0n) is 14.9. The highest BCUT2D eigenvalue weighted by molar-refractivity contribution is 8.93. The van der Waals surface area contributed by atoms with E-state index in [2.05, 4.69) is 52.7 Å². The molecule has 1 aliphatic rings. The number of halogens is 2. The third kappa shape index (κ3) is 5.51. The van der Waals surface area contributed by atoms with Gasteiger partial charge in [-0.25, -0.2) is 0 Å². The molecule has 0 saturated heterocycles. The first-order valence-electron chi connectivity index (χ1n) is 8.55. The van der Waals surface area contributed by atoms with Crippen molar-refractivity contribution in [3.63, 3.8) is 0 Å². The summed E-state index contributed by atoms with van der Waals surface area (Å²) in [6, 6.07) is 21.1. The van der Waals surface area contributed by atoms with Crippen molar-refractivity contribution in [3.05, 3.63) is 87.6 Å². The van der Waals surface area contributed by atoms with Crippen LogP contribution in [-0.4, -0.2) is 17.3 Å². The number of benzene rings is 2. The number of hydrogen-bond donors (Lipinski definition) is 2. The summed E-state index contributed by atoms with van der Waals surface area (Å²) < 4.78 is 0. The van der Waals surface area contributed by atoms with Crippen LogP contribution >= 0.6 is 45.3 Å². The van der Waals surface area contributed by atoms with E-state index in [9.17, 15) is 0 Å². The third-order valence-electron chi connectivity index (χ3n) is 4.58. The zero-order valence-corrected chi connectivity index (χ0v) is 19.1. The number of hydrogen-bond acceptors (Lipinski definition) is 3. The maximum Gasteiger partial charge on any atom is 0.140 e. The molecule has 0 aliphatic carbocycles. The molecule has 2 heterocycles. The normalized spacial score (nSPS) is 13.0. The minimum absolute atomic E-state index is 0. The molecule has 2 N–H and O–H groups in total. The van der Waals surface area contributed by atoms with Gasteiger partial charge in [-0.05, 0) is 46.7 Å². The van der Waals surface area contributed by atoms with Crippen molar-refractivity contribution in [2.24, 2.45) is 0 Å². The van der Waals surface area contributed by atoms with Crippen molar-refractivity contribution in [2.45, 2.75) is 19.5 Å². The SMILES string of the molecule is Br.Br.N=C(Nc1cccc(CN2CCc3ccccc3C2)c1)c1cccs1. The summed E-state index contributed by atoms with van der Waals surface area (Å²) in [6.45, 7) is 3.05. The Bertz CT molecular complexity index is 881. The number of nitrogens with zero attached hydrogens (tertiary/aromatic N) is 1. The second-order valence-electron chi connectivity index (χ2n) is 6.41. The molecule has 0 atom stereocenters. The number of thiophene rings is 1. The summed E-state index contributed by atoms with van der Waals surface area (Å²) in [5, 5.41) is 13.4. The minimum Gasteiger partial charge on any atom is -0.340 e. The molecule has 0 radical (unpaired) electrons. The van der Waals surface area contributed by atoms with Crippen LogP contribution in [0.25, 0.3) is 0 Å². The van der Waals surface area contributed by atoms with Gasteiger partial charge < -0.3 is 5.32 Å². The molecule has 1 aromatic heterocycles. The Labute approximate surface area is 185 Å². The summed E-state index contributed by atoms with van der Waals surface area (Å²) >= 11 is 1.58. The Kier molecular flexibility index (Phi) is 8.23. The van der Waals surface area contributed by atoms with Crippen LogP contribution in [0.4, 0.5) is 5.69 Å². The molecule has 0 bridgehead atoms. The van der Waals surface area contributed by atoms with Crippen molar-refractivity contribution in [2.75, 3.05) is 11.9 Å². The molecule has 27 heavy (non-hydrogen) atoms. The molecule has 2 aromatic carbocycles. The van der Waals surface area contributed by atoms with E-state index in [0.29, 0.717) is 5.84 Å². The van der Waals surface area contributed by atoms with E-state index in [1.807, 2.05) is 23.6 Å². The molecule has 3 aromatic rings. The Balaban J connectivity index is 0.00000131. The number of nitrogens with one attached hydrogen (secondary N) is 2. The van der Waals surface area contributed by atoms with Gasteiger partial charge in [0, 0.05) is 25.3 Å². The third-order valence-corrected chi connectivity index (χ3v) is 5.47. The molecule has 4 rings (SSSR count). The fraction of sp³-hybridized carbons (Fsp3) is 0.190. The first-order chi connectivity index (χ1) is 12.3. The molecular formula is C21H23Br2N3S. The van der Waals surface area contributed by atoms with Crippen molar-refractivity contribution in [3.8, 4) is 0 Å². The number of fused-ring (bicyclic) bond motifs is 1. The van der Waals surface area contributed by atoms with Crippen molar-refractivity contribution >= 4 is 56.8 Å². The smallest absolute Gasteiger partial charge is 0.140 e. The van der Waals surface area contributed by atoms with E-state index in [-0.39, 0.29) is 34.0 Å². The summed E-state index contributed by atoms with van der Waals surface area (Å²) in [4.78, 5) is 3.45. The highest BCUT2D eigenvalue weighted by Crippen LogP contribution is 2.21. The first-order valence-corrected chi connectivity index (χ1v) is 9.43. The molecule has 0 saturated carbocycles. The Morgan fingerprint density at radius 3 is 2.59 bits per heavy atom. The summed E-state index contributed by atoms with van der Waals surface area (Å²) in [7, 11) is 0. The van der Waals surface area contributed by atoms with Crippen molar-refractivity contribution in [1.29, 1.82) is 5.41 Å². The van der Waals surface area contributed by atoms with E-state index in [1.54, 1.807) is 11.3 Å². The summed E-state index contributed by atoms with van der Waals surface area (Å²) in [5.41, 5.74) is 5.19. The second kappa shape index (κ2) is 10.2. The summed E-state index contributed by atoms with van der Waals surface area (Å²) in [5.74, 6) is 0.457. The quantitative estimate of drug-likeness (QED) is 0.340. The highest BCUT2D eigenvalue weighted by Gasteiger charge is 2.15. The average Bonchev–Trinajstić information content (AvgIpc) is 3.17. The lowest BCUT2D eigenvalue weighted by atomic mass is 9.99. The zero-order chi connectivity index (χ0) is 17.1. The van der Waals surface area contributed by atoms with E-state index in [4.69, 9.17) is 5.41 Å². The molecule has 142 valence electrons. The van der Waals surface area contributed by atoms with Gasteiger partial charge in [0.2, 0.25) is 0 Å². The average molecular weight is 509 g/mol. The van der Waals surface area contributed by atoms with Crippen LogP contribution in [0.15, 0.2) is 66.0 Å². The monoisotopic (exact) mass is 507 g/mol. The lowest BCUT2D eigenvalue weighted by Crippen LogP contribution is -2.30. The van der Waals surface area contributed by atoms with Crippen molar-refractivity contribution < 1.29 is 0 Å². The van der Waals surface area contributed by atoms with Crippen LogP contribution < -0.4 is 5.32 Å². The topological polar surface area (TPSA) is 39.1 Å². The molecule has 0 spiro atoms. The van der Waals surface area contributed by atoms with Gasteiger partial charge in [-0.15, -0.1) is 45.3 Å². The van der Waals surface area contributed by atoms with Gasteiger partial charge in [0.15, 0.2) is 0 Å². The number of anilines is 1. The van der Waals surface area contributed by atoms with Gasteiger partial charge in [-0.1, -0.05) is 42.5 Å².